The Morgan fingerprint density at radius 1 is 0.846 bits per heavy atom. The normalized spacial score (nSPS) is 20.2. The monoisotopic (exact) mass is 525 g/mol. The van der Waals surface area contributed by atoms with Crippen LogP contribution in [0.5, 0.6) is 11.5 Å². The van der Waals surface area contributed by atoms with E-state index in [0.717, 1.165) is 29.8 Å². The smallest absolute Gasteiger partial charge is 0.254 e. The summed E-state index contributed by atoms with van der Waals surface area (Å²) < 4.78 is 11.2. The van der Waals surface area contributed by atoms with E-state index in [0.29, 0.717) is 43.1 Å². The molecule has 3 heterocycles. The lowest BCUT2D eigenvalue weighted by molar-refractivity contribution is -0.135. The Morgan fingerprint density at radius 3 is 2.31 bits per heavy atom. The molecular weight excluding hydrogens is 490 g/mol. The van der Waals surface area contributed by atoms with E-state index in [4.69, 9.17) is 9.47 Å². The predicted molar refractivity (Wildman–Crippen MR) is 151 cm³/mol. The van der Waals surface area contributed by atoms with Crippen molar-refractivity contribution in [3.63, 3.8) is 0 Å². The average molecular weight is 526 g/mol. The highest BCUT2D eigenvalue weighted by Crippen LogP contribution is 2.49. The maximum atomic E-state index is 14.4. The number of hydrogen-bond acceptors (Lipinski definition) is 5. The van der Waals surface area contributed by atoms with Gasteiger partial charge >= 0.3 is 0 Å². The molecule has 0 bridgehead atoms. The summed E-state index contributed by atoms with van der Waals surface area (Å²) in [5.41, 5.74) is 7.23. The summed E-state index contributed by atoms with van der Waals surface area (Å²) in [5, 5.41) is 0. The Balaban J connectivity index is 1.36. The number of anilines is 1. The van der Waals surface area contributed by atoms with Crippen molar-refractivity contribution in [3.8, 4) is 11.5 Å². The summed E-state index contributed by atoms with van der Waals surface area (Å²) >= 11 is 0. The number of hydrogen-bond donors (Lipinski definition) is 0. The van der Waals surface area contributed by atoms with Gasteiger partial charge in [0.05, 0.1) is 26.2 Å². The van der Waals surface area contributed by atoms with Gasteiger partial charge in [-0.15, -0.1) is 0 Å². The van der Waals surface area contributed by atoms with Gasteiger partial charge in [0.15, 0.2) is 11.5 Å². The second-order valence-corrected chi connectivity index (χ2v) is 10.8. The number of rotatable bonds is 4. The van der Waals surface area contributed by atoms with Crippen molar-refractivity contribution in [2.24, 2.45) is 0 Å². The number of piperazine rings is 1. The number of amides is 2. The molecule has 0 aromatic heterocycles. The molecule has 0 saturated carbocycles. The van der Waals surface area contributed by atoms with Crippen LogP contribution in [0.3, 0.4) is 0 Å². The number of benzene rings is 3. The standard InChI is InChI=1S/C32H35N3O4/c1-20-9-10-21(2)26(17-20)33-13-15-34(16-14-33)32(37)29-23-7-5-6-8-24(23)31(36)35-12-11-22-18-27(38-3)28(39-4)19-25(22)30(29)35/h5-10,17-19,29-30H,11-16H2,1-4H3/t29-,30+/m1/s1. The molecule has 0 N–H and O–H groups in total. The second kappa shape index (κ2) is 9.95. The Hall–Kier alpha value is -4.00. The van der Waals surface area contributed by atoms with Crippen LogP contribution in [-0.4, -0.2) is 68.6 Å². The van der Waals surface area contributed by atoms with Crippen LogP contribution in [0.4, 0.5) is 5.69 Å². The molecule has 0 radical (unpaired) electrons. The number of aryl methyl sites for hydroxylation is 2. The van der Waals surface area contributed by atoms with Crippen molar-refractivity contribution in [1.82, 2.24) is 9.80 Å². The molecule has 1 fully saturated rings. The Bertz CT molecular complexity index is 1440. The fraction of sp³-hybridized carbons (Fsp3) is 0.375. The van der Waals surface area contributed by atoms with Crippen LogP contribution in [0.15, 0.2) is 54.6 Å². The van der Waals surface area contributed by atoms with E-state index in [2.05, 4.69) is 36.9 Å². The van der Waals surface area contributed by atoms with Crippen LogP contribution in [-0.2, 0) is 11.2 Å². The van der Waals surface area contributed by atoms with Crippen LogP contribution < -0.4 is 14.4 Å². The number of carbonyl (C=O) groups excluding carboxylic acids is 2. The van der Waals surface area contributed by atoms with Gasteiger partial charge in [0.1, 0.15) is 0 Å². The van der Waals surface area contributed by atoms with Crippen LogP contribution in [0.25, 0.3) is 0 Å². The van der Waals surface area contributed by atoms with Gasteiger partial charge in [0.25, 0.3) is 5.91 Å². The quantitative estimate of drug-likeness (QED) is 0.502. The zero-order chi connectivity index (χ0) is 27.3. The molecular formula is C32H35N3O4. The molecule has 0 aliphatic carbocycles. The lowest BCUT2D eigenvalue weighted by Crippen LogP contribution is -2.54. The van der Waals surface area contributed by atoms with Gasteiger partial charge in [-0.2, -0.15) is 0 Å². The molecule has 6 rings (SSSR count). The summed E-state index contributed by atoms with van der Waals surface area (Å²) in [5.74, 6) is 0.853. The van der Waals surface area contributed by atoms with Crippen molar-refractivity contribution in [3.05, 3.63) is 88.0 Å². The van der Waals surface area contributed by atoms with E-state index in [1.165, 1.54) is 16.8 Å². The minimum atomic E-state index is -0.483. The largest absolute Gasteiger partial charge is 0.493 e. The molecule has 1 saturated heterocycles. The van der Waals surface area contributed by atoms with Gasteiger partial charge in [0.2, 0.25) is 5.91 Å². The van der Waals surface area contributed by atoms with Gasteiger partial charge in [-0.1, -0.05) is 30.3 Å². The number of fused-ring (bicyclic) bond motifs is 4. The third kappa shape index (κ3) is 4.20. The van der Waals surface area contributed by atoms with Gasteiger partial charge in [-0.25, -0.2) is 0 Å². The Morgan fingerprint density at radius 2 is 1.56 bits per heavy atom. The minimum Gasteiger partial charge on any atom is -0.493 e. The molecule has 3 aromatic carbocycles. The topological polar surface area (TPSA) is 62.3 Å². The lowest BCUT2D eigenvalue weighted by Gasteiger charge is -2.47. The Labute approximate surface area is 229 Å². The predicted octanol–water partition coefficient (Wildman–Crippen LogP) is 4.51. The Kier molecular flexibility index (Phi) is 6.45. The van der Waals surface area contributed by atoms with Gasteiger partial charge in [-0.05, 0) is 72.4 Å². The van der Waals surface area contributed by atoms with Gasteiger partial charge in [0, 0.05) is 44.0 Å². The highest BCUT2D eigenvalue weighted by atomic mass is 16.5. The number of nitrogens with zero attached hydrogens (tertiary/aromatic N) is 3. The fourth-order valence-corrected chi connectivity index (χ4v) is 6.54. The molecule has 0 spiro atoms. The summed E-state index contributed by atoms with van der Waals surface area (Å²) in [4.78, 5) is 34.4. The number of methoxy groups -OCH3 is 2. The second-order valence-electron chi connectivity index (χ2n) is 10.8. The molecule has 7 heteroatoms. The van der Waals surface area contributed by atoms with E-state index in [1.54, 1.807) is 14.2 Å². The van der Waals surface area contributed by atoms with Crippen molar-refractivity contribution in [2.45, 2.75) is 32.2 Å². The highest BCUT2D eigenvalue weighted by molar-refractivity contribution is 6.01. The number of ether oxygens (including phenoxy) is 2. The third-order valence-corrected chi connectivity index (χ3v) is 8.59. The minimum absolute atomic E-state index is 0.0140. The maximum Gasteiger partial charge on any atom is 0.254 e. The van der Waals surface area contributed by atoms with Crippen molar-refractivity contribution < 1.29 is 19.1 Å². The van der Waals surface area contributed by atoms with Gasteiger partial charge < -0.3 is 24.2 Å². The van der Waals surface area contributed by atoms with E-state index >= 15 is 0 Å². The first-order chi connectivity index (χ1) is 18.9. The van der Waals surface area contributed by atoms with E-state index in [-0.39, 0.29) is 17.9 Å². The fourth-order valence-electron chi connectivity index (χ4n) is 6.54. The first-order valence-corrected chi connectivity index (χ1v) is 13.7. The molecule has 3 aliphatic rings. The van der Waals surface area contributed by atoms with Crippen LogP contribution in [0, 0.1) is 13.8 Å². The molecule has 2 atom stereocenters. The summed E-state index contributed by atoms with van der Waals surface area (Å²) in [6.45, 7) is 7.65. The molecule has 2 amide bonds. The lowest BCUT2D eigenvalue weighted by atomic mass is 9.75. The maximum absolute atomic E-state index is 14.4. The van der Waals surface area contributed by atoms with E-state index < -0.39 is 5.92 Å². The van der Waals surface area contributed by atoms with Crippen LogP contribution in [0.1, 0.15) is 50.1 Å². The molecule has 7 nitrogen and oxygen atoms in total. The summed E-state index contributed by atoms with van der Waals surface area (Å²) in [6.07, 6.45) is 0.704. The van der Waals surface area contributed by atoms with Crippen molar-refractivity contribution >= 4 is 17.5 Å². The molecule has 3 aliphatic heterocycles. The molecule has 0 unspecified atom stereocenters. The summed E-state index contributed by atoms with van der Waals surface area (Å²) in [6, 6.07) is 17.7. The van der Waals surface area contributed by atoms with Crippen LogP contribution >= 0.6 is 0 Å². The first-order valence-electron chi connectivity index (χ1n) is 13.7. The van der Waals surface area contributed by atoms with E-state index in [1.807, 2.05) is 46.2 Å². The highest BCUT2D eigenvalue weighted by Gasteiger charge is 2.48. The molecule has 3 aromatic rings. The summed E-state index contributed by atoms with van der Waals surface area (Å²) in [7, 11) is 3.24. The number of carbonyl (C=O) groups is 2. The zero-order valence-corrected chi connectivity index (χ0v) is 23.1. The van der Waals surface area contributed by atoms with Crippen molar-refractivity contribution in [2.75, 3.05) is 51.8 Å². The van der Waals surface area contributed by atoms with Crippen LogP contribution in [0.2, 0.25) is 0 Å². The first kappa shape index (κ1) is 25.3. The SMILES string of the molecule is COc1cc2c(cc1OC)[C@H]1[C@H](C(=O)N3CCN(c4cc(C)ccc4C)CC3)c3ccccc3C(=O)N1CC2. The van der Waals surface area contributed by atoms with Gasteiger partial charge in [-0.3, -0.25) is 9.59 Å². The third-order valence-electron chi connectivity index (χ3n) is 8.59. The molecule has 202 valence electrons. The van der Waals surface area contributed by atoms with E-state index in [9.17, 15) is 9.59 Å². The van der Waals surface area contributed by atoms with Crippen molar-refractivity contribution in [1.29, 1.82) is 0 Å². The zero-order valence-electron chi connectivity index (χ0n) is 23.1. The average Bonchev–Trinajstić information content (AvgIpc) is 2.97. The molecule has 39 heavy (non-hydrogen) atoms.